The molecule has 2 unspecified atom stereocenters. The number of hydrogen-bond acceptors (Lipinski definition) is 4. The summed E-state index contributed by atoms with van der Waals surface area (Å²) in [6, 6.07) is 34.8. The van der Waals surface area contributed by atoms with Crippen molar-refractivity contribution < 1.29 is 9.59 Å². The van der Waals surface area contributed by atoms with Gasteiger partial charge in [-0.2, -0.15) is 0 Å². The number of ketones is 2. The molecule has 0 saturated carbocycles. The maximum Gasteiger partial charge on any atom is 0.165 e. The molecule has 0 radical (unpaired) electrons. The van der Waals surface area contributed by atoms with Crippen molar-refractivity contribution in [3.05, 3.63) is 142 Å². The average molecular weight is 541 g/mol. The highest BCUT2D eigenvalue weighted by Crippen LogP contribution is 2.38. The van der Waals surface area contributed by atoms with Crippen molar-refractivity contribution in [2.24, 2.45) is 0 Å². The van der Waals surface area contributed by atoms with Crippen molar-refractivity contribution in [1.82, 2.24) is 10.2 Å². The van der Waals surface area contributed by atoms with Gasteiger partial charge in [0.05, 0.1) is 0 Å². The SMILES string of the molecule is CN(C1Cc2ccccc2C1)C1CC(=O)c2ccccc21.O=C1CC(NC2Cc3ccccc3C2)c2ccccc21. The fourth-order valence-corrected chi connectivity index (χ4v) is 7.45. The molecule has 0 aliphatic heterocycles. The Hall–Kier alpha value is -3.86. The molecule has 41 heavy (non-hydrogen) atoms. The smallest absolute Gasteiger partial charge is 0.165 e. The van der Waals surface area contributed by atoms with E-state index in [-0.39, 0.29) is 23.7 Å². The Morgan fingerprint density at radius 3 is 1.63 bits per heavy atom. The van der Waals surface area contributed by atoms with E-state index in [4.69, 9.17) is 0 Å². The number of nitrogens with one attached hydrogen (secondary N) is 1. The van der Waals surface area contributed by atoms with Crippen LogP contribution in [0.15, 0.2) is 97.1 Å². The van der Waals surface area contributed by atoms with Crippen LogP contribution in [0.5, 0.6) is 0 Å². The van der Waals surface area contributed by atoms with Gasteiger partial charge >= 0.3 is 0 Å². The average Bonchev–Trinajstić information content (AvgIpc) is 3.77. The molecule has 0 heterocycles. The molecule has 206 valence electrons. The van der Waals surface area contributed by atoms with Gasteiger partial charge < -0.3 is 5.32 Å². The molecule has 4 aromatic carbocycles. The van der Waals surface area contributed by atoms with Crippen LogP contribution in [0.1, 0.15) is 79.0 Å². The standard InChI is InChI=1S/C19H19NO.C18H17NO/c1-20(15-10-13-6-2-3-7-14(13)11-15)18-12-19(21)17-9-5-4-8-16(17)18;20-18-11-17(15-7-3-4-8-16(15)18)19-14-9-12-5-1-2-6-13(12)10-14/h2-9,15,18H,10-12H2,1H3;1-8,14,17,19H,9-11H2. The van der Waals surface area contributed by atoms with E-state index in [1.165, 1.54) is 33.4 Å². The monoisotopic (exact) mass is 540 g/mol. The van der Waals surface area contributed by atoms with E-state index >= 15 is 0 Å². The van der Waals surface area contributed by atoms with Gasteiger partial charge in [0.25, 0.3) is 0 Å². The maximum atomic E-state index is 12.2. The fourth-order valence-electron chi connectivity index (χ4n) is 7.45. The van der Waals surface area contributed by atoms with Crippen LogP contribution in [0.3, 0.4) is 0 Å². The van der Waals surface area contributed by atoms with Gasteiger partial charge in [-0.1, -0.05) is 97.1 Å². The number of Topliss-reactive ketones (excluding diaryl/α,β-unsaturated/α-hetero) is 2. The molecule has 8 rings (SSSR count). The first kappa shape index (κ1) is 26.1. The molecule has 1 N–H and O–H groups in total. The summed E-state index contributed by atoms with van der Waals surface area (Å²) >= 11 is 0. The van der Waals surface area contributed by atoms with Crippen molar-refractivity contribution in [3.63, 3.8) is 0 Å². The maximum absolute atomic E-state index is 12.2. The van der Waals surface area contributed by atoms with Crippen LogP contribution < -0.4 is 5.32 Å². The molecule has 0 spiro atoms. The van der Waals surface area contributed by atoms with Gasteiger partial charge in [0, 0.05) is 48.1 Å². The van der Waals surface area contributed by atoms with E-state index in [0.717, 1.165) is 36.8 Å². The Labute approximate surface area is 242 Å². The number of carbonyl (C=O) groups is 2. The van der Waals surface area contributed by atoms with Crippen molar-refractivity contribution in [1.29, 1.82) is 0 Å². The second-order valence-electron chi connectivity index (χ2n) is 12.0. The van der Waals surface area contributed by atoms with Gasteiger partial charge in [-0.3, -0.25) is 14.5 Å². The van der Waals surface area contributed by atoms with Crippen LogP contribution >= 0.6 is 0 Å². The van der Waals surface area contributed by atoms with Crippen molar-refractivity contribution in [3.8, 4) is 0 Å². The highest BCUT2D eigenvalue weighted by atomic mass is 16.1. The summed E-state index contributed by atoms with van der Waals surface area (Å²) in [6.07, 6.45) is 5.57. The Morgan fingerprint density at radius 1 is 0.561 bits per heavy atom. The second kappa shape index (κ2) is 10.8. The van der Waals surface area contributed by atoms with Crippen LogP contribution in [0.4, 0.5) is 0 Å². The molecule has 0 amide bonds. The lowest BCUT2D eigenvalue weighted by Gasteiger charge is -2.30. The summed E-state index contributed by atoms with van der Waals surface area (Å²) in [5.74, 6) is 0.562. The number of fused-ring (bicyclic) bond motifs is 4. The van der Waals surface area contributed by atoms with Crippen molar-refractivity contribution in [2.75, 3.05) is 7.05 Å². The second-order valence-corrected chi connectivity index (χ2v) is 12.0. The minimum Gasteiger partial charge on any atom is -0.306 e. The van der Waals surface area contributed by atoms with Gasteiger partial charge in [0.1, 0.15) is 0 Å². The summed E-state index contributed by atoms with van der Waals surface area (Å²) in [5.41, 5.74) is 10.0. The van der Waals surface area contributed by atoms with Gasteiger partial charge in [-0.15, -0.1) is 0 Å². The zero-order valence-electron chi connectivity index (χ0n) is 23.6. The van der Waals surface area contributed by atoms with Gasteiger partial charge in [-0.05, 0) is 66.1 Å². The zero-order valence-corrected chi connectivity index (χ0v) is 23.6. The highest BCUT2D eigenvalue weighted by molar-refractivity contribution is 6.01. The van der Waals surface area contributed by atoms with E-state index in [0.29, 0.717) is 24.9 Å². The molecule has 4 heteroatoms. The van der Waals surface area contributed by atoms with E-state index in [1.54, 1.807) is 0 Å². The highest BCUT2D eigenvalue weighted by Gasteiger charge is 2.36. The first-order chi connectivity index (χ1) is 20.0. The molecular weight excluding hydrogens is 504 g/mol. The van der Waals surface area contributed by atoms with Crippen LogP contribution in [-0.4, -0.2) is 35.6 Å². The fraction of sp³-hybridized carbons (Fsp3) is 0.297. The van der Waals surface area contributed by atoms with E-state index in [1.807, 2.05) is 36.4 Å². The zero-order chi connectivity index (χ0) is 27.9. The van der Waals surface area contributed by atoms with Crippen molar-refractivity contribution >= 4 is 11.6 Å². The Morgan fingerprint density at radius 2 is 1.02 bits per heavy atom. The molecule has 0 aromatic heterocycles. The van der Waals surface area contributed by atoms with E-state index in [9.17, 15) is 9.59 Å². The predicted molar refractivity (Wildman–Crippen MR) is 162 cm³/mol. The number of benzene rings is 4. The minimum atomic E-state index is 0.193. The predicted octanol–water partition coefficient (Wildman–Crippen LogP) is 6.48. The normalized spacial score (nSPS) is 20.9. The third-order valence-corrected chi connectivity index (χ3v) is 9.61. The molecule has 0 saturated heterocycles. The van der Waals surface area contributed by atoms with Crippen LogP contribution in [0.2, 0.25) is 0 Å². The van der Waals surface area contributed by atoms with Crippen molar-refractivity contribution in [2.45, 2.75) is 62.7 Å². The summed E-state index contributed by atoms with van der Waals surface area (Å²) in [7, 11) is 2.18. The molecule has 0 bridgehead atoms. The molecule has 4 aromatic rings. The largest absolute Gasteiger partial charge is 0.306 e. The lowest BCUT2D eigenvalue weighted by molar-refractivity contribution is 0.0943. The lowest BCUT2D eigenvalue weighted by Crippen LogP contribution is -2.35. The molecular formula is C37H36N2O2. The molecule has 4 aliphatic rings. The van der Waals surface area contributed by atoms with E-state index in [2.05, 4.69) is 77.9 Å². The Bertz CT molecular complexity index is 1570. The van der Waals surface area contributed by atoms with Crippen LogP contribution in [-0.2, 0) is 25.7 Å². The van der Waals surface area contributed by atoms with Crippen LogP contribution in [0, 0.1) is 0 Å². The third-order valence-electron chi connectivity index (χ3n) is 9.61. The summed E-state index contributed by atoms with van der Waals surface area (Å²) < 4.78 is 0. The first-order valence-electron chi connectivity index (χ1n) is 14.9. The number of hydrogen-bond donors (Lipinski definition) is 1. The topological polar surface area (TPSA) is 49.4 Å². The number of likely N-dealkylation sites (N-methyl/N-ethyl adjacent to an activating group) is 1. The number of rotatable bonds is 4. The summed E-state index contributed by atoms with van der Waals surface area (Å²) in [5, 5.41) is 3.69. The van der Waals surface area contributed by atoms with Gasteiger partial charge in [0.15, 0.2) is 11.6 Å². The first-order valence-corrected chi connectivity index (χ1v) is 14.9. The number of nitrogens with zero attached hydrogens (tertiary/aromatic N) is 1. The van der Waals surface area contributed by atoms with Gasteiger partial charge in [0.2, 0.25) is 0 Å². The molecule has 2 atom stereocenters. The quantitative estimate of drug-likeness (QED) is 0.322. The lowest BCUT2D eigenvalue weighted by atomic mass is 10.0. The van der Waals surface area contributed by atoms with E-state index < -0.39 is 0 Å². The molecule has 4 aliphatic carbocycles. The molecule has 4 nitrogen and oxygen atoms in total. The number of carbonyl (C=O) groups excluding carboxylic acids is 2. The summed E-state index contributed by atoms with van der Waals surface area (Å²) in [6.45, 7) is 0. The Kier molecular flexibility index (Phi) is 6.90. The third kappa shape index (κ3) is 4.96. The van der Waals surface area contributed by atoms with Crippen LogP contribution in [0.25, 0.3) is 0 Å². The minimum absolute atomic E-state index is 0.193. The molecule has 0 fully saturated rings. The Balaban J connectivity index is 0.000000135. The summed E-state index contributed by atoms with van der Waals surface area (Å²) in [4.78, 5) is 26.6. The van der Waals surface area contributed by atoms with Gasteiger partial charge in [-0.25, -0.2) is 0 Å².